The maximum absolute atomic E-state index is 10.5. The Morgan fingerprint density at radius 2 is 2.08 bits per heavy atom. The zero-order valence-electron chi connectivity index (χ0n) is 13.2. The van der Waals surface area contributed by atoms with Crippen LogP contribution < -0.4 is 0 Å². The zero-order chi connectivity index (χ0) is 16.9. The second kappa shape index (κ2) is 8.13. The van der Waals surface area contributed by atoms with Crippen LogP contribution in [-0.4, -0.2) is 43.2 Å². The van der Waals surface area contributed by atoms with Gasteiger partial charge in [0.2, 0.25) is 0 Å². The number of unbranched alkanes of at least 4 members (excludes halogenated alkanes) is 2. The summed E-state index contributed by atoms with van der Waals surface area (Å²) in [5, 5.41) is 18.3. The van der Waals surface area contributed by atoms with Gasteiger partial charge in [-0.3, -0.25) is 14.3 Å². The number of halogens is 1. The number of aromatic nitrogens is 3. The Labute approximate surface area is 153 Å². The van der Waals surface area contributed by atoms with Crippen LogP contribution >= 0.6 is 27.7 Å². The van der Waals surface area contributed by atoms with Gasteiger partial charge >= 0.3 is 5.97 Å². The number of benzene rings is 1. The van der Waals surface area contributed by atoms with E-state index in [1.165, 1.54) is 0 Å². The monoisotopic (exact) mass is 410 g/mol. The molecule has 1 aliphatic rings. The molecule has 1 aromatic heterocycles. The molecule has 2 aromatic rings. The van der Waals surface area contributed by atoms with Gasteiger partial charge in [-0.25, -0.2) is 0 Å². The molecule has 1 aliphatic heterocycles. The molecule has 0 bridgehead atoms. The van der Waals surface area contributed by atoms with Crippen molar-refractivity contribution >= 4 is 33.7 Å². The summed E-state index contributed by atoms with van der Waals surface area (Å²) >= 11 is 5.27. The molecule has 0 unspecified atom stereocenters. The summed E-state index contributed by atoms with van der Waals surface area (Å²) < 4.78 is 3.15. The van der Waals surface area contributed by atoms with Gasteiger partial charge in [-0.2, -0.15) is 0 Å². The van der Waals surface area contributed by atoms with Crippen molar-refractivity contribution in [3.05, 3.63) is 28.7 Å². The van der Waals surface area contributed by atoms with E-state index in [2.05, 4.69) is 35.6 Å². The van der Waals surface area contributed by atoms with Crippen molar-refractivity contribution in [1.29, 1.82) is 0 Å². The molecule has 8 heteroatoms. The molecule has 0 atom stereocenters. The van der Waals surface area contributed by atoms with Crippen molar-refractivity contribution in [2.45, 2.75) is 37.5 Å². The van der Waals surface area contributed by atoms with Crippen LogP contribution in [0.15, 0.2) is 33.9 Å². The van der Waals surface area contributed by atoms with E-state index in [-0.39, 0.29) is 6.42 Å². The number of hydrogen-bond donors (Lipinski definition) is 1. The lowest BCUT2D eigenvalue weighted by Gasteiger charge is -2.27. The molecular formula is C16H19BrN4O2S. The minimum atomic E-state index is -0.712. The van der Waals surface area contributed by atoms with E-state index >= 15 is 0 Å². The molecular weight excluding hydrogens is 392 g/mol. The summed E-state index contributed by atoms with van der Waals surface area (Å²) in [5.74, 6) is 1.06. The summed E-state index contributed by atoms with van der Waals surface area (Å²) in [7, 11) is 0. The van der Waals surface area contributed by atoms with Crippen molar-refractivity contribution in [2.24, 2.45) is 0 Å². The van der Waals surface area contributed by atoms with Crippen LogP contribution in [0.1, 0.15) is 25.7 Å². The van der Waals surface area contributed by atoms with Crippen molar-refractivity contribution in [1.82, 2.24) is 19.7 Å². The highest BCUT2D eigenvalue weighted by atomic mass is 79.9. The number of thioether (sulfide) groups is 1. The summed E-state index contributed by atoms with van der Waals surface area (Å²) in [6, 6.07) is 8.03. The van der Waals surface area contributed by atoms with Crippen LogP contribution in [0.4, 0.5) is 0 Å². The van der Waals surface area contributed by atoms with Gasteiger partial charge in [0.15, 0.2) is 11.0 Å². The average molecular weight is 411 g/mol. The standard InChI is InChI=1S/C16H19BrN4O2S/c17-13-7-4-3-6-12(13)15-18-19-16-21(15)10-20(11-24-16)9-5-1-2-8-14(22)23/h3-4,6-7H,1-2,5,8-11H2,(H,22,23). The third kappa shape index (κ3) is 4.17. The highest BCUT2D eigenvalue weighted by Gasteiger charge is 2.22. The lowest BCUT2D eigenvalue weighted by Crippen LogP contribution is -2.31. The van der Waals surface area contributed by atoms with Crippen LogP contribution in [0.5, 0.6) is 0 Å². The molecule has 0 amide bonds. The van der Waals surface area contributed by atoms with Gasteiger partial charge in [-0.1, -0.05) is 52.3 Å². The smallest absolute Gasteiger partial charge is 0.303 e. The summed E-state index contributed by atoms with van der Waals surface area (Å²) in [6.45, 7) is 1.73. The van der Waals surface area contributed by atoms with E-state index in [1.807, 2.05) is 24.3 Å². The fourth-order valence-corrected chi connectivity index (χ4v) is 4.05. The van der Waals surface area contributed by atoms with Crippen molar-refractivity contribution in [2.75, 3.05) is 12.4 Å². The predicted molar refractivity (Wildman–Crippen MR) is 96.7 cm³/mol. The third-order valence-corrected chi connectivity index (χ3v) is 5.66. The maximum atomic E-state index is 10.5. The van der Waals surface area contributed by atoms with E-state index in [0.29, 0.717) is 0 Å². The average Bonchev–Trinajstić information content (AvgIpc) is 2.98. The molecule has 0 saturated carbocycles. The molecule has 6 nitrogen and oxygen atoms in total. The van der Waals surface area contributed by atoms with E-state index < -0.39 is 5.97 Å². The van der Waals surface area contributed by atoms with E-state index in [0.717, 1.165) is 59.4 Å². The second-order valence-corrected chi connectivity index (χ2v) is 7.49. The minimum Gasteiger partial charge on any atom is -0.481 e. The van der Waals surface area contributed by atoms with Crippen molar-refractivity contribution < 1.29 is 9.90 Å². The lowest BCUT2D eigenvalue weighted by molar-refractivity contribution is -0.137. The van der Waals surface area contributed by atoms with Gasteiger partial charge < -0.3 is 5.11 Å². The number of rotatable bonds is 7. The second-order valence-electron chi connectivity index (χ2n) is 5.73. The minimum absolute atomic E-state index is 0.260. The van der Waals surface area contributed by atoms with Gasteiger partial charge in [0, 0.05) is 23.0 Å². The quantitative estimate of drug-likeness (QED) is 0.701. The summed E-state index contributed by atoms with van der Waals surface area (Å²) in [4.78, 5) is 12.9. The first kappa shape index (κ1) is 17.4. The predicted octanol–water partition coefficient (Wildman–Crippen LogP) is 3.68. The Hall–Kier alpha value is -1.38. The Balaban J connectivity index is 1.62. The van der Waals surface area contributed by atoms with E-state index in [1.54, 1.807) is 11.8 Å². The Morgan fingerprint density at radius 1 is 1.25 bits per heavy atom. The van der Waals surface area contributed by atoms with Gasteiger partial charge in [0.1, 0.15) is 0 Å². The number of carbonyl (C=O) groups is 1. The SMILES string of the molecule is O=C(O)CCCCCN1CSc2nnc(-c3ccccc3Br)n2C1. The number of fused-ring (bicyclic) bond motifs is 1. The number of hydrogen-bond acceptors (Lipinski definition) is 5. The molecule has 0 spiro atoms. The first-order valence-electron chi connectivity index (χ1n) is 7.90. The molecule has 3 rings (SSSR count). The molecule has 0 saturated heterocycles. The fraction of sp³-hybridized carbons (Fsp3) is 0.438. The lowest BCUT2D eigenvalue weighted by atomic mass is 10.2. The van der Waals surface area contributed by atoms with Crippen LogP contribution in [0, 0.1) is 0 Å². The van der Waals surface area contributed by atoms with E-state index in [9.17, 15) is 4.79 Å². The topological polar surface area (TPSA) is 71.2 Å². The molecule has 0 aliphatic carbocycles. The van der Waals surface area contributed by atoms with Gasteiger partial charge in [0.25, 0.3) is 0 Å². The highest BCUT2D eigenvalue weighted by Crippen LogP contribution is 2.32. The molecule has 0 fully saturated rings. The Bertz CT molecular complexity index is 722. The van der Waals surface area contributed by atoms with Crippen molar-refractivity contribution in [3.63, 3.8) is 0 Å². The zero-order valence-corrected chi connectivity index (χ0v) is 15.6. The Kier molecular flexibility index (Phi) is 5.91. The molecule has 128 valence electrons. The van der Waals surface area contributed by atoms with Crippen LogP contribution in [0.25, 0.3) is 11.4 Å². The molecule has 1 aromatic carbocycles. The molecule has 24 heavy (non-hydrogen) atoms. The van der Waals surface area contributed by atoms with Crippen LogP contribution in [-0.2, 0) is 11.5 Å². The van der Waals surface area contributed by atoms with Gasteiger partial charge in [0.05, 0.1) is 12.5 Å². The molecule has 1 N–H and O–H groups in total. The number of nitrogens with zero attached hydrogens (tertiary/aromatic N) is 4. The summed E-state index contributed by atoms with van der Waals surface area (Å²) in [5.41, 5.74) is 1.04. The number of carboxylic acid groups (broad SMARTS) is 1. The highest BCUT2D eigenvalue weighted by molar-refractivity contribution is 9.10. The molecule has 0 radical (unpaired) electrons. The largest absolute Gasteiger partial charge is 0.481 e. The van der Waals surface area contributed by atoms with Crippen molar-refractivity contribution in [3.8, 4) is 11.4 Å². The number of carboxylic acids is 1. The first-order chi connectivity index (χ1) is 11.6. The van der Waals surface area contributed by atoms with Gasteiger partial charge in [-0.05, 0) is 18.9 Å². The summed E-state index contributed by atoms with van der Waals surface area (Å²) in [6.07, 6.45) is 2.96. The third-order valence-electron chi connectivity index (χ3n) is 3.91. The van der Waals surface area contributed by atoms with E-state index in [4.69, 9.17) is 5.11 Å². The number of aliphatic carboxylic acids is 1. The Morgan fingerprint density at radius 3 is 2.88 bits per heavy atom. The normalized spacial score (nSPS) is 14.5. The molecule has 2 heterocycles. The maximum Gasteiger partial charge on any atom is 0.303 e. The van der Waals surface area contributed by atoms with Gasteiger partial charge in [-0.15, -0.1) is 10.2 Å². The fourth-order valence-electron chi connectivity index (χ4n) is 2.68. The van der Waals surface area contributed by atoms with Crippen LogP contribution in [0.3, 0.4) is 0 Å². The van der Waals surface area contributed by atoms with Crippen LogP contribution in [0.2, 0.25) is 0 Å². The first-order valence-corrected chi connectivity index (χ1v) is 9.68.